The molecule has 0 heterocycles. The van der Waals surface area contributed by atoms with Crippen molar-refractivity contribution in [1.29, 1.82) is 0 Å². The fourth-order valence-corrected chi connectivity index (χ4v) is 2.83. The first-order valence-corrected chi connectivity index (χ1v) is 7.58. The van der Waals surface area contributed by atoms with Crippen LogP contribution in [-0.4, -0.2) is 18.0 Å². The van der Waals surface area contributed by atoms with Crippen molar-refractivity contribution in [3.05, 3.63) is 35.9 Å². The van der Waals surface area contributed by atoms with Gasteiger partial charge in [-0.2, -0.15) is 0 Å². The lowest BCUT2D eigenvalue weighted by molar-refractivity contribution is -0.130. The quantitative estimate of drug-likeness (QED) is 0.898. The maximum atomic E-state index is 12.5. The van der Waals surface area contributed by atoms with Crippen LogP contribution in [0.25, 0.3) is 0 Å². The fraction of sp³-hybridized carbons (Fsp3) is 0.588. The van der Waals surface area contributed by atoms with Crippen molar-refractivity contribution in [2.45, 2.75) is 58.0 Å². The van der Waals surface area contributed by atoms with Gasteiger partial charge in [0.25, 0.3) is 0 Å². The second kappa shape index (κ2) is 7.81. The van der Waals surface area contributed by atoms with Crippen LogP contribution in [0.4, 0.5) is 0 Å². The molecule has 2 rings (SSSR count). The zero-order valence-electron chi connectivity index (χ0n) is 13.0. The van der Waals surface area contributed by atoms with E-state index < -0.39 is 0 Å². The molecule has 0 bridgehead atoms. The van der Waals surface area contributed by atoms with Gasteiger partial charge in [0, 0.05) is 17.5 Å². The number of hydrogen-bond acceptors (Lipinski definition) is 2. The van der Waals surface area contributed by atoms with Crippen LogP contribution in [0.15, 0.2) is 30.3 Å². The van der Waals surface area contributed by atoms with Gasteiger partial charge in [-0.15, -0.1) is 12.4 Å². The molecule has 1 amide bonds. The summed E-state index contributed by atoms with van der Waals surface area (Å²) in [5.74, 6) is 0.154. The molecule has 0 unspecified atom stereocenters. The van der Waals surface area contributed by atoms with E-state index in [-0.39, 0.29) is 23.7 Å². The summed E-state index contributed by atoms with van der Waals surface area (Å²) in [4.78, 5) is 12.5. The van der Waals surface area contributed by atoms with E-state index in [0.717, 1.165) is 32.1 Å². The predicted molar refractivity (Wildman–Crippen MR) is 89.5 cm³/mol. The SMILES string of the molecule is CC(C)(Cc1ccccc1)C(=O)NC1CCC(N)CC1.Cl. The zero-order valence-corrected chi connectivity index (χ0v) is 13.8. The molecule has 21 heavy (non-hydrogen) atoms. The van der Waals surface area contributed by atoms with Gasteiger partial charge in [-0.3, -0.25) is 4.79 Å². The first kappa shape index (κ1) is 18.0. The Balaban J connectivity index is 0.00000220. The van der Waals surface area contributed by atoms with E-state index in [0.29, 0.717) is 12.1 Å². The third-order valence-electron chi connectivity index (χ3n) is 4.21. The van der Waals surface area contributed by atoms with Crippen molar-refractivity contribution in [2.24, 2.45) is 11.1 Å². The molecule has 0 spiro atoms. The summed E-state index contributed by atoms with van der Waals surface area (Å²) in [6.45, 7) is 4.04. The molecule has 1 aliphatic rings. The van der Waals surface area contributed by atoms with Gasteiger partial charge in [0.15, 0.2) is 0 Å². The highest BCUT2D eigenvalue weighted by Crippen LogP contribution is 2.24. The molecule has 0 radical (unpaired) electrons. The molecule has 4 heteroatoms. The minimum Gasteiger partial charge on any atom is -0.353 e. The average molecular weight is 311 g/mol. The minimum absolute atomic E-state index is 0. The van der Waals surface area contributed by atoms with Crippen molar-refractivity contribution in [1.82, 2.24) is 5.32 Å². The average Bonchev–Trinajstić information content (AvgIpc) is 2.42. The lowest BCUT2D eigenvalue weighted by Gasteiger charge is -2.31. The Morgan fingerprint density at radius 1 is 1.19 bits per heavy atom. The number of nitrogens with one attached hydrogen (secondary N) is 1. The second-order valence-corrected chi connectivity index (χ2v) is 6.63. The summed E-state index contributed by atoms with van der Waals surface area (Å²) < 4.78 is 0. The van der Waals surface area contributed by atoms with Crippen molar-refractivity contribution in [3.8, 4) is 0 Å². The molecule has 118 valence electrons. The number of hydrogen-bond donors (Lipinski definition) is 2. The Kier molecular flexibility index (Phi) is 6.69. The Morgan fingerprint density at radius 2 is 1.76 bits per heavy atom. The van der Waals surface area contributed by atoms with Crippen LogP contribution in [0.3, 0.4) is 0 Å². The largest absolute Gasteiger partial charge is 0.353 e. The molecule has 3 N–H and O–H groups in total. The van der Waals surface area contributed by atoms with Gasteiger partial charge in [-0.05, 0) is 37.7 Å². The van der Waals surface area contributed by atoms with E-state index >= 15 is 0 Å². The number of amides is 1. The standard InChI is InChI=1S/C17H26N2O.ClH/c1-17(2,12-13-6-4-3-5-7-13)16(20)19-15-10-8-14(18)9-11-15;/h3-7,14-15H,8-12,18H2,1-2H3,(H,19,20);1H. The van der Waals surface area contributed by atoms with Gasteiger partial charge in [-0.1, -0.05) is 44.2 Å². The summed E-state index contributed by atoms with van der Waals surface area (Å²) >= 11 is 0. The van der Waals surface area contributed by atoms with Crippen molar-refractivity contribution >= 4 is 18.3 Å². The first-order chi connectivity index (χ1) is 9.47. The highest BCUT2D eigenvalue weighted by molar-refractivity contribution is 5.85. The highest BCUT2D eigenvalue weighted by atomic mass is 35.5. The van der Waals surface area contributed by atoms with Crippen molar-refractivity contribution in [3.63, 3.8) is 0 Å². The number of benzene rings is 1. The molecule has 0 aliphatic heterocycles. The molecule has 1 saturated carbocycles. The third kappa shape index (κ3) is 5.33. The minimum atomic E-state index is -0.374. The summed E-state index contributed by atoms with van der Waals surface area (Å²) in [5.41, 5.74) is 6.74. The van der Waals surface area contributed by atoms with E-state index in [1.54, 1.807) is 0 Å². The van der Waals surface area contributed by atoms with E-state index in [2.05, 4.69) is 17.4 Å². The number of carbonyl (C=O) groups is 1. The van der Waals surface area contributed by atoms with Crippen LogP contribution < -0.4 is 11.1 Å². The van der Waals surface area contributed by atoms with Gasteiger partial charge < -0.3 is 11.1 Å². The van der Waals surface area contributed by atoms with Crippen molar-refractivity contribution < 1.29 is 4.79 Å². The van der Waals surface area contributed by atoms with Crippen LogP contribution in [0, 0.1) is 5.41 Å². The molecule has 1 aromatic carbocycles. The highest BCUT2D eigenvalue weighted by Gasteiger charge is 2.30. The number of carbonyl (C=O) groups excluding carboxylic acids is 1. The van der Waals surface area contributed by atoms with Crippen molar-refractivity contribution in [2.75, 3.05) is 0 Å². The van der Waals surface area contributed by atoms with Crippen LogP contribution in [0.2, 0.25) is 0 Å². The van der Waals surface area contributed by atoms with Gasteiger partial charge in [0.05, 0.1) is 0 Å². The molecule has 1 fully saturated rings. The smallest absolute Gasteiger partial charge is 0.226 e. The monoisotopic (exact) mass is 310 g/mol. The van der Waals surface area contributed by atoms with Gasteiger partial charge in [0.2, 0.25) is 5.91 Å². The maximum absolute atomic E-state index is 12.5. The summed E-state index contributed by atoms with van der Waals surface area (Å²) in [5, 5.41) is 3.21. The number of halogens is 1. The van der Waals surface area contributed by atoms with Crippen LogP contribution in [0.1, 0.15) is 45.1 Å². The molecule has 3 nitrogen and oxygen atoms in total. The Labute approximate surface area is 134 Å². The van der Waals surface area contributed by atoms with E-state index in [9.17, 15) is 4.79 Å². The van der Waals surface area contributed by atoms with Gasteiger partial charge >= 0.3 is 0 Å². The van der Waals surface area contributed by atoms with Crippen LogP contribution in [0.5, 0.6) is 0 Å². The Bertz CT molecular complexity index is 439. The van der Waals surface area contributed by atoms with Gasteiger partial charge in [-0.25, -0.2) is 0 Å². The summed E-state index contributed by atoms with van der Waals surface area (Å²) in [7, 11) is 0. The topological polar surface area (TPSA) is 55.1 Å². The van der Waals surface area contributed by atoms with E-state index in [4.69, 9.17) is 5.73 Å². The molecule has 1 aliphatic carbocycles. The zero-order chi connectivity index (χ0) is 14.6. The molecular weight excluding hydrogens is 284 g/mol. The molecule has 0 atom stereocenters. The predicted octanol–water partition coefficient (Wildman–Crippen LogP) is 3.06. The first-order valence-electron chi connectivity index (χ1n) is 7.58. The van der Waals surface area contributed by atoms with E-state index in [1.165, 1.54) is 5.56 Å². The summed E-state index contributed by atoms with van der Waals surface area (Å²) in [6.07, 6.45) is 4.82. The number of nitrogens with two attached hydrogens (primary N) is 1. The van der Waals surface area contributed by atoms with Crippen LogP contribution in [-0.2, 0) is 11.2 Å². The summed E-state index contributed by atoms with van der Waals surface area (Å²) in [6, 6.07) is 10.8. The molecule has 1 aromatic rings. The molecule has 0 aromatic heterocycles. The Hall–Kier alpha value is -1.06. The maximum Gasteiger partial charge on any atom is 0.226 e. The lowest BCUT2D eigenvalue weighted by atomic mass is 9.83. The second-order valence-electron chi connectivity index (χ2n) is 6.63. The third-order valence-corrected chi connectivity index (χ3v) is 4.21. The van der Waals surface area contributed by atoms with Gasteiger partial charge in [0.1, 0.15) is 0 Å². The lowest BCUT2D eigenvalue weighted by Crippen LogP contribution is -2.46. The Morgan fingerprint density at radius 3 is 2.33 bits per heavy atom. The fourth-order valence-electron chi connectivity index (χ4n) is 2.83. The normalized spacial score (nSPS) is 22.2. The van der Waals surface area contributed by atoms with E-state index in [1.807, 2.05) is 32.0 Å². The molecular formula is C17H27ClN2O. The number of rotatable bonds is 4. The van der Waals surface area contributed by atoms with Crippen LogP contribution >= 0.6 is 12.4 Å². The molecule has 0 saturated heterocycles.